The summed E-state index contributed by atoms with van der Waals surface area (Å²) < 4.78 is 5.70. The van der Waals surface area contributed by atoms with Crippen molar-refractivity contribution >= 4 is 5.69 Å². The molecule has 0 saturated carbocycles. The first-order valence-electron chi connectivity index (χ1n) is 8.56. The number of hydrogen-bond donors (Lipinski definition) is 1. The minimum Gasteiger partial charge on any atom is -0.378 e. The number of para-hydroxylation sites is 1. The summed E-state index contributed by atoms with van der Waals surface area (Å²) >= 11 is 0. The number of rotatable bonds is 4. The molecule has 3 heterocycles. The molecule has 2 aliphatic rings. The van der Waals surface area contributed by atoms with E-state index in [1.54, 1.807) is 0 Å². The standard InChI is InChI=1S/C18H24N4O/c1-2-6-17(21-9-3-4-10-21)15(5-1)13-22-11-12-23-14-18(22)16-7-8-19-20-16/h1-2,5-8,18H,3-4,9-14H2,(H,19,20). The second kappa shape index (κ2) is 6.72. The molecule has 23 heavy (non-hydrogen) atoms. The zero-order valence-electron chi connectivity index (χ0n) is 13.4. The van der Waals surface area contributed by atoms with Crippen LogP contribution in [-0.2, 0) is 11.3 Å². The Morgan fingerprint density at radius 2 is 2.00 bits per heavy atom. The van der Waals surface area contributed by atoms with E-state index in [4.69, 9.17) is 4.74 Å². The lowest BCUT2D eigenvalue weighted by molar-refractivity contribution is -0.0142. The molecule has 0 spiro atoms. The topological polar surface area (TPSA) is 44.4 Å². The van der Waals surface area contributed by atoms with Crippen molar-refractivity contribution in [2.24, 2.45) is 0 Å². The predicted octanol–water partition coefficient (Wildman–Crippen LogP) is 2.58. The van der Waals surface area contributed by atoms with Gasteiger partial charge in [-0.2, -0.15) is 5.10 Å². The van der Waals surface area contributed by atoms with Crippen LogP contribution in [-0.4, -0.2) is 47.9 Å². The highest BCUT2D eigenvalue weighted by molar-refractivity contribution is 5.54. The number of nitrogens with zero attached hydrogens (tertiary/aromatic N) is 3. The quantitative estimate of drug-likeness (QED) is 0.942. The Kier molecular flexibility index (Phi) is 4.30. The number of benzene rings is 1. The molecule has 0 amide bonds. The van der Waals surface area contributed by atoms with Gasteiger partial charge in [-0.15, -0.1) is 0 Å². The molecule has 1 aromatic carbocycles. The van der Waals surface area contributed by atoms with E-state index in [2.05, 4.69) is 50.3 Å². The van der Waals surface area contributed by atoms with Crippen LogP contribution >= 0.6 is 0 Å². The zero-order chi connectivity index (χ0) is 15.5. The van der Waals surface area contributed by atoms with E-state index in [1.807, 2.05) is 6.20 Å². The lowest BCUT2D eigenvalue weighted by Crippen LogP contribution is -2.39. The molecular formula is C18H24N4O. The molecule has 1 unspecified atom stereocenters. The van der Waals surface area contributed by atoms with Crippen LogP contribution in [0.3, 0.4) is 0 Å². The first-order chi connectivity index (χ1) is 11.4. The summed E-state index contributed by atoms with van der Waals surface area (Å²) in [6.07, 6.45) is 4.44. The molecule has 0 bridgehead atoms. The Bertz CT molecular complexity index is 622. The van der Waals surface area contributed by atoms with Crippen LogP contribution in [0.4, 0.5) is 5.69 Å². The van der Waals surface area contributed by atoms with E-state index >= 15 is 0 Å². The highest BCUT2D eigenvalue weighted by atomic mass is 16.5. The summed E-state index contributed by atoms with van der Waals surface area (Å²) in [6, 6.07) is 11.2. The molecular weight excluding hydrogens is 288 g/mol. The third-order valence-electron chi connectivity index (χ3n) is 4.93. The van der Waals surface area contributed by atoms with E-state index in [-0.39, 0.29) is 6.04 Å². The summed E-state index contributed by atoms with van der Waals surface area (Å²) in [6.45, 7) is 5.82. The average molecular weight is 312 g/mol. The van der Waals surface area contributed by atoms with Crippen LogP contribution in [0.15, 0.2) is 36.5 Å². The highest BCUT2D eigenvalue weighted by Gasteiger charge is 2.27. The highest BCUT2D eigenvalue weighted by Crippen LogP contribution is 2.29. The normalized spacial score (nSPS) is 22.6. The number of aromatic nitrogens is 2. The molecule has 4 rings (SSSR count). The fourth-order valence-corrected chi connectivity index (χ4v) is 3.70. The van der Waals surface area contributed by atoms with Crippen molar-refractivity contribution in [3.05, 3.63) is 47.8 Å². The van der Waals surface area contributed by atoms with Gasteiger partial charge in [0.25, 0.3) is 0 Å². The van der Waals surface area contributed by atoms with Crippen molar-refractivity contribution in [1.82, 2.24) is 15.1 Å². The minimum atomic E-state index is 0.262. The van der Waals surface area contributed by atoms with Gasteiger partial charge in [-0.05, 0) is 30.5 Å². The zero-order valence-corrected chi connectivity index (χ0v) is 13.4. The van der Waals surface area contributed by atoms with Crippen LogP contribution in [0, 0.1) is 0 Å². The van der Waals surface area contributed by atoms with Gasteiger partial charge < -0.3 is 9.64 Å². The Balaban J connectivity index is 1.56. The molecule has 5 nitrogen and oxygen atoms in total. The summed E-state index contributed by atoms with van der Waals surface area (Å²) in [5, 5.41) is 7.21. The van der Waals surface area contributed by atoms with Gasteiger partial charge in [0.05, 0.1) is 24.9 Å². The summed E-state index contributed by atoms with van der Waals surface area (Å²) in [5.41, 5.74) is 3.96. The van der Waals surface area contributed by atoms with E-state index < -0.39 is 0 Å². The van der Waals surface area contributed by atoms with Crippen LogP contribution in [0.2, 0.25) is 0 Å². The van der Waals surface area contributed by atoms with Crippen LogP contribution in [0.25, 0.3) is 0 Å². The molecule has 2 aromatic rings. The predicted molar refractivity (Wildman–Crippen MR) is 90.4 cm³/mol. The Morgan fingerprint density at radius 1 is 1.13 bits per heavy atom. The molecule has 0 radical (unpaired) electrons. The van der Waals surface area contributed by atoms with Crippen LogP contribution in [0.5, 0.6) is 0 Å². The minimum absolute atomic E-state index is 0.262. The van der Waals surface area contributed by atoms with Gasteiger partial charge in [-0.3, -0.25) is 10.00 Å². The fourth-order valence-electron chi connectivity index (χ4n) is 3.70. The van der Waals surface area contributed by atoms with E-state index in [0.717, 1.165) is 32.0 Å². The first-order valence-corrected chi connectivity index (χ1v) is 8.56. The average Bonchev–Trinajstić information content (AvgIpc) is 3.30. The van der Waals surface area contributed by atoms with Gasteiger partial charge in [0.1, 0.15) is 0 Å². The second-order valence-electron chi connectivity index (χ2n) is 6.40. The molecule has 1 aromatic heterocycles. The van der Waals surface area contributed by atoms with Gasteiger partial charge in [0.15, 0.2) is 0 Å². The molecule has 122 valence electrons. The van der Waals surface area contributed by atoms with Crippen molar-refractivity contribution in [2.75, 3.05) is 37.7 Å². The number of anilines is 1. The van der Waals surface area contributed by atoms with Gasteiger partial charge in [-0.25, -0.2) is 0 Å². The van der Waals surface area contributed by atoms with Gasteiger partial charge in [-0.1, -0.05) is 18.2 Å². The lowest BCUT2D eigenvalue weighted by Gasteiger charge is -2.35. The number of hydrogen-bond acceptors (Lipinski definition) is 4. The Morgan fingerprint density at radius 3 is 2.83 bits per heavy atom. The largest absolute Gasteiger partial charge is 0.378 e. The number of H-pyrrole nitrogens is 1. The van der Waals surface area contributed by atoms with Crippen molar-refractivity contribution in [3.8, 4) is 0 Å². The Labute approximate surface area is 137 Å². The number of morpholine rings is 1. The van der Waals surface area contributed by atoms with Gasteiger partial charge in [0, 0.05) is 38.1 Å². The third kappa shape index (κ3) is 3.12. The fraction of sp³-hybridized carbons (Fsp3) is 0.500. The maximum Gasteiger partial charge on any atom is 0.0755 e. The Hall–Kier alpha value is -1.85. The summed E-state index contributed by atoms with van der Waals surface area (Å²) in [7, 11) is 0. The molecule has 0 aliphatic carbocycles. The van der Waals surface area contributed by atoms with Crippen molar-refractivity contribution in [2.45, 2.75) is 25.4 Å². The first kappa shape index (κ1) is 14.7. The van der Waals surface area contributed by atoms with Crippen LogP contribution in [0.1, 0.15) is 30.1 Å². The number of aromatic amines is 1. The van der Waals surface area contributed by atoms with Crippen LogP contribution < -0.4 is 4.90 Å². The smallest absolute Gasteiger partial charge is 0.0755 e. The SMILES string of the molecule is c1ccc(N2CCCC2)c(CN2CCOCC2c2ccn[nH]2)c1. The molecule has 2 aliphatic heterocycles. The van der Waals surface area contributed by atoms with E-state index in [0.29, 0.717) is 0 Å². The van der Waals surface area contributed by atoms with E-state index in [1.165, 1.54) is 37.2 Å². The van der Waals surface area contributed by atoms with E-state index in [9.17, 15) is 0 Å². The summed E-state index contributed by atoms with van der Waals surface area (Å²) in [4.78, 5) is 5.03. The molecule has 5 heteroatoms. The monoisotopic (exact) mass is 312 g/mol. The maximum atomic E-state index is 5.70. The second-order valence-corrected chi connectivity index (χ2v) is 6.40. The third-order valence-corrected chi connectivity index (χ3v) is 4.93. The maximum absolute atomic E-state index is 5.70. The number of ether oxygens (including phenoxy) is 1. The molecule has 2 fully saturated rings. The van der Waals surface area contributed by atoms with Crippen molar-refractivity contribution in [1.29, 1.82) is 0 Å². The van der Waals surface area contributed by atoms with Gasteiger partial charge >= 0.3 is 0 Å². The molecule has 1 N–H and O–H groups in total. The van der Waals surface area contributed by atoms with Crippen molar-refractivity contribution < 1.29 is 4.74 Å². The molecule has 2 saturated heterocycles. The van der Waals surface area contributed by atoms with Crippen molar-refractivity contribution in [3.63, 3.8) is 0 Å². The lowest BCUT2D eigenvalue weighted by atomic mass is 10.1. The molecule has 1 atom stereocenters. The number of nitrogens with one attached hydrogen (secondary N) is 1. The summed E-state index contributed by atoms with van der Waals surface area (Å²) in [5.74, 6) is 0. The van der Waals surface area contributed by atoms with Gasteiger partial charge in [0.2, 0.25) is 0 Å².